The van der Waals surface area contributed by atoms with Crippen LogP contribution in [0.4, 0.5) is 11.6 Å². The van der Waals surface area contributed by atoms with E-state index in [1.54, 1.807) is 6.92 Å². The number of hydrogen-bond donors (Lipinski definition) is 2. The highest BCUT2D eigenvalue weighted by Crippen LogP contribution is 2.37. The normalized spacial score (nSPS) is 12.8. The fraction of sp³-hybridized carbons (Fsp3) is 0.227. The molecule has 0 fully saturated rings. The Morgan fingerprint density at radius 1 is 1.21 bits per heavy atom. The Morgan fingerprint density at radius 2 is 1.94 bits per heavy atom. The molecule has 10 nitrogen and oxygen atoms in total. The van der Waals surface area contributed by atoms with Gasteiger partial charge in [0.2, 0.25) is 12.7 Å². The molecule has 1 aliphatic rings. The van der Waals surface area contributed by atoms with E-state index in [2.05, 4.69) is 15.8 Å². The van der Waals surface area contributed by atoms with Crippen LogP contribution in [-0.4, -0.2) is 37.8 Å². The second kappa shape index (κ2) is 9.31. The molecule has 0 radical (unpaired) electrons. The molecular formula is C22H21N3O7S2. The molecule has 3 aromatic rings. The Balaban J connectivity index is 1.51. The SMILES string of the molecule is CC(=O)c1cc2c(cc1NC(=O)c1sccc1S(=O)(=O)CC=CNc1onc(C)c1C)OCO2. The predicted octanol–water partition coefficient (Wildman–Crippen LogP) is 3.94. The van der Waals surface area contributed by atoms with Gasteiger partial charge < -0.3 is 24.6 Å². The highest BCUT2D eigenvalue weighted by Gasteiger charge is 2.26. The lowest BCUT2D eigenvalue weighted by atomic mass is 10.1. The smallest absolute Gasteiger partial charge is 0.267 e. The van der Waals surface area contributed by atoms with Crippen LogP contribution in [0.3, 0.4) is 0 Å². The summed E-state index contributed by atoms with van der Waals surface area (Å²) >= 11 is 0.989. The van der Waals surface area contributed by atoms with Crippen molar-refractivity contribution in [1.29, 1.82) is 0 Å². The van der Waals surface area contributed by atoms with Gasteiger partial charge in [-0.2, -0.15) is 0 Å². The molecule has 34 heavy (non-hydrogen) atoms. The number of sulfone groups is 1. The van der Waals surface area contributed by atoms with Gasteiger partial charge in [-0.15, -0.1) is 11.3 Å². The highest BCUT2D eigenvalue weighted by molar-refractivity contribution is 7.91. The van der Waals surface area contributed by atoms with Crippen molar-refractivity contribution in [2.75, 3.05) is 23.2 Å². The lowest BCUT2D eigenvalue weighted by Crippen LogP contribution is -2.17. The fourth-order valence-corrected chi connectivity index (χ4v) is 5.65. The molecule has 2 aromatic heterocycles. The zero-order valence-corrected chi connectivity index (χ0v) is 20.1. The number of nitrogens with zero attached hydrogens (tertiary/aromatic N) is 1. The van der Waals surface area contributed by atoms with Crippen LogP contribution in [0.1, 0.15) is 38.2 Å². The summed E-state index contributed by atoms with van der Waals surface area (Å²) in [6, 6.07) is 4.36. The van der Waals surface area contributed by atoms with Crippen molar-refractivity contribution in [3.63, 3.8) is 0 Å². The molecule has 0 bridgehead atoms. The molecule has 1 aromatic carbocycles. The van der Waals surface area contributed by atoms with Crippen LogP contribution in [0, 0.1) is 13.8 Å². The largest absolute Gasteiger partial charge is 0.454 e. The number of aromatic nitrogens is 1. The van der Waals surface area contributed by atoms with Gasteiger partial charge in [-0.25, -0.2) is 8.42 Å². The van der Waals surface area contributed by atoms with Gasteiger partial charge in [0.25, 0.3) is 5.91 Å². The number of aryl methyl sites for hydroxylation is 1. The Bertz CT molecular complexity index is 1400. The second-order valence-corrected chi connectivity index (χ2v) is 10.3. The summed E-state index contributed by atoms with van der Waals surface area (Å²) in [7, 11) is -3.82. The number of hydrogen-bond acceptors (Lipinski definition) is 10. The summed E-state index contributed by atoms with van der Waals surface area (Å²) in [6.07, 6.45) is 2.86. The van der Waals surface area contributed by atoms with E-state index in [-0.39, 0.29) is 39.4 Å². The van der Waals surface area contributed by atoms with E-state index in [9.17, 15) is 18.0 Å². The molecule has 3 heterocycles. The standard InChI is InChI=1S/C22H21N3O7S2/c1-12-13(2)25-32-22(12)23-6-4-8-34(28,29)19-5-7-33-20(19)21(27)24-16-10-18-17(30-11-31-18)9-15(16)14(3)26/h4-7,9-10,23H,8,11H2,1-3H3,(H,24,27). The molecule has 1 aliphatic heterocycles. The fourth-order valence-electron chi connectivity index (χ4n) is 3.17. The third kappa shape index (κ3) is 4.68. The maximum absolute atomic E-state index is 13.0. The molecule has 0 atom stereocenters. The van der Waals surface area contributed by atoms with Gasteiger partial charge in [-0.3, -0.25) is 9.59 Å². The molecule has 178 valence electrons. The Hall–Kier alpha value is -3.64. The van der Waals surface area contributed by atoms with Gasteiger partial charge in [0, 0.05) is 23.4 Å². The van der Waals surface area contributed by atoms with Crippen molar-refractivity contribution in [1.82, 2.24) is 5.16 Å². The Labute approximate surface area is 199 Å². The molecule has 0 unspecified atom stereocenters. The van der Waals surface area contributed by atoms with Crippen molar-refractivity contribution < 1.29 is 32.0 Å². The topological polar surface area (TPSA) is 137 Å². The van der Waals surface area contributed by atoms with Crippen molar-refractivity contribution >= 4 is 44.4 Å². The van der Waals surface area contributed by atoms with Crippen LogP contribution in [-0.2, 0) is 9.84 Å². The number of fused-ring (bicyclic) bond motifs is 1. The molecule has 0 saturated carbocycles. The number of benzene rings is 1. The first-order valence-corrected chi connectivity index (χ1v) is 12.6. The molecule has 1 amide bonds. The summed E-state index contributed by atoms with van der Waals surface area (Å²) < 4.78 is 41.5. The number of anilines is 2. The first kappa shape index (κ1) is 23.5. The molecular weight excluding hydrogens is 482 g/mol. The van der Waals surface area contributed by atoms with Crippen LogP contribution in [0.2, 0.25) is 0 Å². The molecule has 2 N–H and O–H groups in total. The average molecular weight is 504 g/mol. The zero-order valence-electron chi connectivity index (χ0n) is 18.5. The van der Waals surface area contributed by atoms with E-state index in [1.807, 2.05) is 6.92 Å². The summed E-state index contributed by atoms with van der Waals surface area (Å²) in [5, 5.41) is 10.8. The third-order valence-corrected chi connectivity index (χ3v) is 7.80. The molecule has 4 rings (SSSR count). The minimum absolute atomic E-state index is 0.00930. The van der Waals surface area contributed by atoms with Crippen molar-refractivity contribution in [2.45, 2.75) is 25.7 Å². The number of rotatable bonds is 8. The summed E-state index contributed by atoms with van der Waals surface area (Å²) in [4.78, 5) is 24.9. The Morgan fingerprint density at radius 3 is 2.62 bits per heavy atom. The van der Waals surface area contributed by atoms with E-state index in [0.717, 1.165) is 22.6 Å². The summed E-state index contributed by atoms with van der Waals surface area (Å²) in [5.41, 5.74) is 1.98. The third-order valence-electron chi connectivity index (χ3n) is 5.12. The minimum Gasteiger partial charge on any atom is -0.454 e. The number of ketones is 1. The molecule has 0 aliphatic carbocycles. The van der Waals surface area contributed by atoms with Crippen LogP contribution in [0.5, 0.6) is 11.5 Å². The minimum atomic E-state index is -3.82. The molecule has 12 heteroatoms. The van der Waals surface area contributed by atoms with E-state index >= 15 is 0 Å². The Kier molecular flexibility index (Phi) is 6.44. The van der Waals surface area contributed by atoms with Crippen molar-refractivity contribution in [3.05, 3.63) is 57.6 Å². The van der Waals surface area contributed by atoms with E-state index in [4.69, 9.17) is 14.0 Å². The number of ether oxygens (including phenoxy) is 2. The van der Waals surface area contributed by atoms with Gasteiger partial charge in [-0.05, 0) is 38.3 Å². The maximum atomic E-state index is 13.0. The number of Topliss-reactive ketones (excluding diaryl/α,β-unsaturated/α-hetero) is 1. The van der Waals surface area contributed by atoms with Crippen LogP contribution in [0.15, 0.2) is 45.3 Å². The maximum Gasteiger partial charge on any atom is 0.267 e. The van der Waals surface area contributed by atoms with Gasteiger partial charge in [-0.1, -0.05) is 11.2 Å². The number of carbonyl (C=O) groups is 2. The van der Waals surface area contributed by atoms with Crippen molar-refractivity contribution in [3.8, 4) is 11.5 Å². The quantitative estimate of drug-likeness (QED) is 0.438. The molecule has 0 saturated heterocycles. The molecule has 0 spiro atoms. The van der Waals surface area contributed by atoms with Gasteiger partial charge in [0.05, 0.1) is 22.0 Å². The van der Waals surface area contributed by atoms with Crippen LogP contribution < -0.4 is 20.1 Å². The number of nitrogens with one attached hydrogen (secondary N) is 2. The first-order valence-electron chi connectivity index (χ1n) is 10.1. The van der Waals surface area contributed by atoms with Gasteiger partial charge in [0.15, 0.2) is 27.1 Å². The first-order chi connectivity index (χ1) is 16.2. The lowest BCUT2D eigenvalue weighted by Gasteiger charge is -2.11. The highest BCUT2D eigenvalue weighted by atomic mass is 32.2. The average Bonchev–Trinajstić information content (AvgIpc) is 3.52. The van der Waals surface area contributed by atoms with Gasteiger partial charge >= 0.3 is 0 Å². The second-order valence-electron chi connectivity index (χ2n) is 7.43. The van der Waals surface area contributed by atoms with E-state index in [0.29, 0.717) is 17.4 Å². The zero-order chi connectivity index (χ0) is 24.5. The van der Waals surface area contributed by atoms with Crippen molar-refractivity contribution in [2.24, 2.45) is 0 Å². The van der Waals surface area contributed by atoms with Gasteiger partial charge in [0.1, 0.15) is 4.88 Å². The number of thiophene rings is 1. The number of carbonyl (C=O) groups excluding carboxylic acids is 2. The van der Waals surface area contributed by atoms with Crippen LogP contribution in [0.25, 0.3) is 0 Å². The predicted molar refractivity (Wildman–Crippen MR) is 126 cm³/mol. The summed E-state index contributed by atoms with van der Waals surface area (Å²) in [5.74, 6) is -0.0712. The van der Waals surface area contributed by atoms with Crippen LogP contribution >= 0.6 is 11.3 Å². The van der Waals surface area contributed by atoms with E-state index < -0.39 is 15.7 Å². The summed E-state index contributed by atoms with van der Waals surface area (Å²) in [6.45, 7) is 4.99. The van der Waals surface area contributed by atoms with E-state index in [1.165, 1.54) is 42.8 Å². The lowest BCUT2D eigenvalue weighted by molar-refractivity contribution is 0.101. The monoisotopic (exact) mass is 503 g/mol. The number of amides is 1.